The lowest BCUT2D eigenvalue weighted by molar-refractivity contribution is 0.0503. The van der Waals surface area contributed by atoms with E-state index in [1.807, 2.05) is 18.4 Å². The summed E-state index contributed by atoms with van der Waals surface area (Å²) >= 11 is 0. The van der Waals surface area contributed by atoms with Crippen LogP contribution in [0.2, 0.25) is 0 Å². The van der Waals surface area contributed by atoms with Gasteiger partial charge in [-0.2, -0.15) is 0 Å². The second-order valence-corrected chi connectivity index (χ2v) is 5.87. The number of hydrogen-bond acceptors (Lipinski definition) is 6. The molecule has 3 rings (SSSR count). The molecule has 3 aromatic heterocycles. The Hall–Kier alpha value is -3.09. The summed E-state index contributed by atoms with van der Waals surface area (Å²) in [6.07, 6.45) is 7.86. The highest BCUT2D eigenvalue weighted by Gasteiger charge is 2.18. The molecule has 0 unspecified atom stereocenters. The molecule has 0 amide bonds. The van der Waals surface area contributed by atoms with Crippen LogP contribution in [0.15, 0.2) is 41.7 Å². The lowest BCUT2D eigenvalue weighted by atomic mass is 10.2. The van der Waals surface area contributed by atoms with Crippen LogP contribution in [0.5, 0.6) is 0 Å². The number of rotatable bonds is 6. The number of esters is 1. The lowest BCUT2D eigenvalue weighted by Gasteiger charge is -2.12. The molecule has 0 saturated carbocycles. The summed E-state index contributed by atoms with van der Waals surface area (Å²) in [5.74, 6) is -0.104. The van der Waals surface area contributed by atoms with Crippen LogP contribution in [0.25, 0.3) is 22.4 Å². The molecule has 0 aromatic carbocycles. The number of pyridine rings is 2. The van der Waals surface area contributed by atoms with E-state index in [1.165, 1.54) is 12.4 Å². The molecule has 134 valence electrons. The normalized spacial score (nSPS) is 10.8. The fraction of sp³-hybridized carbons (Fsp3) is 0.316. The van der Waals surface area contributed by atoms with Crippen LogP contribution in [-0.2, 0) is 11.3 Å². The molecule has 0 atom stereocenters. The summed E-state index contributed by atoms with van der Waals surface area (Å²) in [5.41, 5.74) is 0.920. The van der Waals surface area contributed by atoms with Crippen molar-refractivity contribution in [2.45, 2.75) is 33.2 Å². The van der Waals surface area contributed by atoms with Crippen molar-refractivity contribution in [3.05, 3.63) is 52.7 Å². The average molecular weight is 352 g/mol. The Kier molecular flexibility index (Phi) is 5.36. The topological polar surface area (TPSA) is 87.0 Å². The van der Waals surface area contributed by atoms with Crippen LogP contribution in [0.3, 0.4) is 0 Å². The van der Waals surface area contributed by atoms with Gasteiger partial charge < -0.3 is 9.30 Å². The molecule has 7 heteroatoms. The van der Waals surface area contributed by atoms with Gasteiger partial charge in [0.15, 0.2) is 5.82 Å². The third kappa shape index (κ3) is 3.46. The minimum atomic E-state index is -0.609. The summed E-state index contributed by atoms with van der Waals surface area (Å²) in [5, 5.41) is 0.308. The third-order valence-electron chi connectivity index (χ3n) is 3.88. The van der Waals surface area contributed by atoms with Crippen molar-refractivity contribution >= 4 is 17.0 Å². The van der Waals surface area contributed by atoms with Gasteiger partial charge in [0.05, 0.1) is 12.0 Å². The molecule has 3 aromatic rings. The molecule has 0 aliphatic rings. The van der Waals surface area contributed by atoms with Crippen LogP contribution in [-0.4, -0.2) is 32.1 Å². The van der Waals surface area contributed by atoms with Crippen LogP contribution >= 0.6 is 0 Å². The summed E-state index contributed by atoms with van der Waals surface area (Å²) in [4.78, 5) is 37.8. The van der Waals surface area contributed by atoms with Gasteiger partial charge in [-0.3, -0.25) is 9.78 Å². The SMILES string of the molecule is CCCOC(=O)c1cn(CCC)c2nc(-c3ccncc3)ncc2c1=O. The summed E-state index contributed by atoms with van der Waals surface area (Å²) in [7, 11) is 0. The summed E-state index contributed by atoms with van der Waals surface area (Å²) in [6.45, 7) is 4.82. The third-order valence-corrected chi connectivity index (χ3v) is 3.88. The van der Waals surface area contributed by atoms with Gasteiger partial charge in [-0.1, -0.05) is 13.8 Å². The molecule has 0 radical (unpaired) electrons. The van der Waals surface area contributed by atoms with Gasteiger partial charge in [-0.25, -0.2) is 14.8 Å². The molecular weight excluding hydrogens is 332 g/mol. The first-order valence-corrected chi connectivity index (χ1v) is 8.63. The van der Waals surface area contributed by atoms with E-state index in [1.54, 1.807) is 24.5 Å². The Bertz CT molecular complexity index is 983. The first kappa shape index (κ1) is 17.7. The van der Waals surface area contributed by atoms with E-state index in [0.717, 1.165) is 12.0 Å². The molecule has 26 heavy (non-hydrogen) atoms. The van der Waals surface area contributed by atoms with Gasteiger partial charge in [0, 0.05) is 36.9 Å². The number of carbonyl (C=O) groups is 1. The Labute approximate surface area is 150 Å². The maximum Gasteiger partial charge on any atom is 0.343 e. The molecule has 0 aliphatic carbocycles. The van der Waals surface area contributed by atoms with Crippen molar-refractivity contribution in [2.24, 2.45) is 0 Å². The van der Waals surface area contributed by atoms with Gasteiger partial charge >= 0.3 is 5.97 Å². The molecule has 0 saturated heterocycles. The molecule has 0 bridgehead atoms. The van der Waals surface area contributed by atoms with E-state index >= 15 is 0 Å². The first-order chi connectivity index (χ1) is 12.7. The zero-order chi connectivity index (χ0) is 18.5. The van der Waals surface area contributed by atoms with E-state index in [-0.39, 0.29) is 12.2 Å². The number of hydrogen-bond donors (Lipinski definition) is 0. The van der Waals surface area contributed by atoms with E-state index in [9.17, 15) is 9.59 Å². The molecule has 3 heterocycles. The maximum absolute atomic E-state index is 12.7. The zero-order valence-corrected chi connectivity index (χ0v) is 14.8. The van der Waals surface area contributed by atoms with Gasteiger partial charge in [0.2, 0.25) is 5.43 Å². The molecule has 0 aliphatic heterocycles. The number of aryl methyl sites for hydroxylation is 1. The van der Waals surface area contributed by atoms with Crippen molar-refractivity contribution in [1.29, 1.82) is 0 Å². The average Bonchev–Trinajstić information content (AvgIpc) is 2.68. The van der Waals surface area contributed by atoms with Gasteiger partial charge in [0.25, 0.3) is 0 Å². The van der Waals surface area contributed by atoms with E-state index in [2.05, 4.69) is 15.0 Å². The highest BCUT2D eigenvalue weighted by atomic mass is 16.5. The summed E-state index contributed by atoms with van der Waals surface area (Å²) < 4.78 is 6.94. The second-order valence-electron chi connectivity index (χ2n) is 5.87. The maximum atomic E-state index is 12.7. The van der Waals surface area contributed by atoms with Crippen molar-refractivity contribution in [1.82, 2.24) is 19.5 Å². The quantitative estimate of drug-likeness (QED) is 0.634. The van der Waals surface area contributed by atoms with E-state index in [4.69, 9.17) is 4.74 Å². The number of fused-ring (bicyclic) bond motifs is 1. The van der Waals surface area contributed by atoms with Crippen molar-refractivity contribution in [3.8, 4) is 11.4 Å². The van der Waals surface area contributed by atoms with Crippen molar-refractivity contribution in [2.75, 3.05) is 6.61 Å². The smallest absolute Gasteiger partial charge is 0.343 e. The molecule has 0 fully saturated rings. The Morgan fingerprint density at radius 3 is 2.65 bits per heavy atom. The fourth-order valence-electron chi connectivity index (χ4n) is 2.64. The minimum Gasteiger partial charge on any atom is -0.462 e. The number of aromatic nitrogens is 4. The number of ether oxygens (including phenoxy) is 1. The predicted octanol–water partition coefficient (Wildman–Crippen LogP) is 2.83. The monoisotopic (exact) mass is 352 g/mol. The molecule has 7 nitrogen and oxygen atoms in total. The lowest BCUT2D eigenvalue weighted by Crippen LogP contribution is -2.22. The fourth-order valence-corrected chi connectivity index (χ4v) is 2.64. The first-order valence-electron chi connectivity index (χ1n) is 8.63. The highest BCUT2D eigenvalue weighted by molar-refractivity contribution is 5.93. The molecule has 0 N–H and O–H groups in total. The summed E-state index contributed by atoms with van der Waals surface area (Å²) in [6, 6.07) is 3.61. The number of carbonyl (C=O) groups excluding carboxylic acids is 1. The van der Waals surface area contributed by atoms with Crippen LogP contribution < -0.4 is 5.43 Å². The Morgan fingerprint density at radius 1 is 1.19 bits per heavy atom. The number of nitrogens with zero attached hydrogens (tertiary/aromatic N) is 4. The van der Waals surface area contributed by atoms with Gasteiger partial charge in [0.1, 0.15) is 11.2 Å². The predicted molar refractivity (Wildman–Crippen MR) is 97.9 cm³/mol. The van der Waals surface area contributed by atoms with Crippen molar-refractivity contribution < 1.29 is 9.53 Å². The Balaban J connectivity index is 2.16. The standard InChI is InChI=1S/C19H20N4O3/c1-3-9-23-12-15(19(25)26-10-4-2)16(24)14-11-21-17(22-18(14)23)13-5-7-20-8-6-13/h5-8,11-12H,3-4,9-10H2,1-2H3. The highest BCUT2D eigenvalue weighted by Crippen LogP contribution is 2.17. The molecular formula is C19H20N4O3. The minimum absolute atomic E-state index is 0.0136. The van der Waals surface area contributed by atoms with Crippen LogP contribution in [0.4, 0.5) is 0 Å². The second kappa shape index (κ2) is 7.86. The van der Waals surface area contributed by atoms with Crippen molar-refractivity contribution in [3.63, 3.8) is 0 Å². The largest absolute Gasteiger partial charge is 0.462 e. The van der Waals surface area contributed by atoms with Gasteiger partial charge in [-0.15, -0.1) is 0 Å². The van der Waals surface area contributed by atoms with Crippen LogP contribution in [0.1, 0.15) is 37.0 Å². The molecule has 0 spiro atoms. The van der Waals surface area contributed by atoms with Crippen LogP contribution in [0, 0.1) is 0 Å². The zero-order valence-electron chi connectivity index (χ0n) is 14.8. The van der Waals surface area contributed by atoms with E-state index < -0.39 is 11.4 Å². The Morgan fingerprint density at radius 2 is 1.96 bits per heavy atom. The van der Waals surface area contributed by atoms with Gasteiger partial charge in [-0.05, 0) is 25.0 Å². The van der Waals surface area contributed by atoms with E-state index in [0.29, 0.717) is 29.8 Å².